The standard InChI is InChI=1S/C24H22ClN5O4S/c1-15-17(25)4-3-5-22(15)35(31,32)29-23-24(28-19-13-26-9-8-18(19)27-23)34-14-16-6-7-20-21(12-16)33-11-10-30(20)2/h3-9,12-13H,10-11,14H2,1-2H3,(H,27,29). The van der Waals surface area contributed by atoms with Crippen LogP contribution in [0.3, 0.4) is 0 Å². The van der Waals surface area contributed by atoms with Gasteiger partial charge in [0, 0.05) is 18.3 Å². The second-order valence-electron chi connectivity index (χ2n) is 8.07. The van der Waals surface area contributed by atoms with Gasteiger partial charge in [0.1, 0.15) is 24.5 Å². The van der Waals surface area contributed by atoms with Crippen LogP contribution in [-0.2, 0) is 16.6 Å². The highest BCUT2D eigenvalue weighted by Gasteiger charge is 2.23. The van der Waals surface area contributed by atoms with E-state index in [-0.39, 0.29) is 23.2 Å². The first-order chi connectivity index (χ1) is 16.8. The number of ether oxygens (including phenoxy) is 2. The molecule has 180 valence electrons. The fraction of sp³-hybridized carbons (Fsp3) is 0.208. The van der Waals surface area contributed by atoms with E-state index < -0.39 is 10.0 Å². The lowest BCUT2D eigenvalue weighted by molar-refractivity contribution is 0.290. The minimum absolute atomic E-state index is 0.0305. The molecule has 9 nitrogen and oxygen atoms in total. The molecule has 0 radical (unpaired) electrons. The van der Waals surface area contributed by atoms with Crippen LogP contribution in [0.1, 0.15) is 11.1 Å². The molecule has 0 saturated heterocycles. The van der Waals surface area contributed by atoms with Crippen LogP contribution in [-0.4, -0.2) is 43.6 Å². The zero-order valence-corrected chi connectivity index (χ0v) is 20.6. The number of aromatic nitrogens is 3. The van der Waals surface area contributed by atoms with Gasteiger partial charge in [-0.05, 0) is 48.4 Å². The van der Waals surface area contributed by atoms with Crippen LogP contribution in [0.5, 0.6) is 11.6 Å². The van der Waals surface area contributed by atoms with Gasteiger partial charge < -0.3 is 14.4 Å². The summed E-state index contributed by atoms with van der Waals surface area (Å²) in [6.45, 7) is 3.19. The Morgan fingerprint density at radius 3 is 2.89 bits per heavy atom. The monoisotopic (exact) mass is 511 g/mol. The van der Waals surface area contributed by atoms with Gasteiger partial charge in [0.25, 0.3) is 15.9 Å². The lowest BCUT2D eigenvalue weighted by Gasteiger charge is -2.28. The van der Waals surface area contributed by atoms with Crippen molar-refractivity contribution in [3.05, 3.63) is 71.0 Å². The number of anilines is 2. The third kappa shape index (κ3) is 4.67. The van der Waals surface area contributed by atoms with E-state index >= 15 is 0 Å². The molecule has 2 aromatic carbocycles. The van der Waals surface area contributed by atoms with Crippen LogP contribution in [0.25, 0.3) is 11.0 Å². The summed E-state index contributed by atoms with van der Waals surface area (Å²) >= 11 is 6.14. The Hall–Kier alpha value is -3.63. The first-order valence-electron chi connectivity index (χ1n) is 10.8. The SMILES string of the molecule is Cc1c(Cl)cccc1S(=O)(=O)Nc1nc2ccncc2nc1OCc1ccc2c(c1)OCCN2C. The van der Waals surface area contributed by atoms with Crippen molar-refractivity contribution < 1.29 is 17.9 Å². The average molecular weight is 512 g/mol. The van der Waals surface area contributed by atoms with Crippen LogP contribution >= 0.6 is 11.6 Å². The van der Waals surface area contributed by atoms with Gasteiger partial charge in [-0.3, -0.25) is 9.71 Å². The highest BCUT2D eigenvalue weighted by atomic mass is 35.5. The van der Waals surface area contributed by atoms with E-state index in [0.717, 1.165) is 23.5 Å². The molecule has 1 aliphatic heterocycles. The molecular weight excluding hydrogens is 490 g/mol. The predicted molar refractivity (Wildman–Crippen MR) is 134 cm³/mol. The Morgan fingerprint density at radius 1 is 1.17 bits per heavy atom. The molecule has 2 aromatic heterocycles. The average Bonchev–Trinajstić information content (AvgIpc) is 2.84. The third-order valence-electron chi connectivity index (χ3n) is 5.67. The van der Waals surface area contributed by atoms with Crippen molar-refractivity contribution in [3.8, 4) is 11.6 Å². The summed E-state index contributed by atoms with van der Waals surface area (Å²) in [6, 6.07) is 12.1. The lowest BCUT2D eigenvalue weighted by Crippen LogP contribution is -2.28. The van der Waals surface area contributed by atoms with Gasteiger partial charge in [0.05, 0.1) is 28.8 Å². The van der Waals surface area contributed by atoms with Gasteiger partial charge >= 0.3 is 0 Å². The summed E-state index contributed by atoms with van der Waals surface area (Å²) in [7, 11) is -2.01. The summed E-state index contributed by atoms with van der Waals surface area (Å²) in [5.41, 5.74) is 3.22. The molecule has 5 rings (SSSR count). The van der Waals surface area contributed by atoms with Crippen molar-refractivity contribution in [1.29, 1.82) is 0 Å². The number of sulfonamides is 1. The Morgan fingerprint density at radius 2 is 2.03 bits per heavy atom. The molecule has 0 bridgehead atoms. The molecule has 1 N–H and O–H groups in total. The van der Waals surface area contributed by atoms with E-state index in [2.05, 4.69) is 24.6 Å². The second-order valence-corrected chi connectivity index (χ2v) is 10.1. The maximum Gasteiger partial charge on any atom is 0.263 e. The number of hydrogen-bond acceptors (Lipinski definition) is 8. The number of rotatable bonds is 6. The zero-order chi connectivity index (χ0) is 24.6. The van der Waals surface area contributed by atoms with Crippen molar-refractivity contribution in [2.24, 2.45) is 0 Å². The van der Waals surface area contributed by atoms with Crippen LogP contribution in [0.4, 0.5) is 11.5 Å². The normalized spacial score (nSPS) is 13.3. The first-order valence-corrected chi connectivity index (χ1v) is 12.7. The Bertz CT molecular complexity index is 1530. The Labute approximate surface area is 207 Å². The molecule has 0 unspecified atom stereocenters. The van der Waals surface area contributed by atoms with E-state index in [4.69, 9.17) is 21.1 Å². The minimum atomic E-state index is -4.02. The Balaban J connectivity index is 1.48. The molecule has 0 fully saturated rings. The molecule has 0 aliphatic carbocycles. The second kappa shape index (κ2) is 9.20. The van der Waals surface area contributed by atoms with Crippen LogP contribution in [0.15, 0.2) is 59.8 Å². The van der Waals surface area contributed by atoms with E-state index in [0.29, 0.717) is 28.2 Å². The van der Waals surface area contributed by atoms with Crippen LogP contribution in [0, 0.1) is 6.92 Å². The molecule has 0 amide bonds. The molecule has 1 aliphatic rings. The predicted octanol–water partition coefficient (Wildman–Crippen LogP) is 4.20. The smallest absolute Gasteiger partial charge is 0.263 e. The fourth-order valence-electron chi connectivity index (χ4n) is 3.76. The molecule has 11 heteroatoms. The largest absolute Gasteiger partial charge is 0.490 e. The number of benzene rings is 2. The van der Waals surface area contributed by atoms with E-state index in [9.17, 15) is 8.42 Å². The number of likely N-dealkylation sites (N-methyl/N-ethyl adjacent to an activating group) is 1. The zero-order valence-electron chi connectivity index (χ0n) is 19.0. The number of nitrogens with zero attached hydrogens (tertiary/aromatic N) is 4. The quantitative estimate of drug-likeness (QED) is 0.410. The van der Waals surface area contributed by atoms with E-state index in [1.165, 1.54) is 12.3 Å². The summed E-state index contributed by atoms with van der Waals surface area (Å²) in [4.78, 5) is 15.2. The lowest BCUT2D eigenvalue weighted by atomic mass is 10.1. The molecule has 0 spiro atoms. The summed E-state index contributed by atoms with van der Waals surface area (Å²) < 4.78 is 40.7. The number of hydrogen-bond donors (Lipinski definition) is 1. The summed E-state index contributed by atoms with van der Waals surface area (Å²) in [5.74, 6) is 0.771. The maximum atomic E-state index is 13.2. The molecule has 0 saturated carbocycles. The van der Waals surface area contributed by atoms with Gasteiger partial charge in [0.2, 0.25) is 5.82 Å². The number of pyridine rings is 1. The highest BCUT2D eigenvalue weighted by Crippen LogP contribution is 2.33. The number of nitrogens with one attached hydrogen (secondary N) is 1. The summed E-state index contributed by atoms with van der Waals surface area (Å²) in [5, 5.41) is 0.347. The Kier molecular flexibility index (Phi) is 6.08. The molecular formula is C24H22ClN5O4S. The topological polar surface area (TPSA) is 107 Å². The molecule has 35 heavy (non-hydrogen) atoms. The number of fused-ring (bicyclic) bond motifs is 2. The fourth-order valence-corrected chi connectivity index (χ4v) is 5.26. The van der Waals surface area contributed by atoms with Gasteiger partial charge in [-0.25, -0.2) is 18.4 Å². The minimum Gasteiger partial charge on any atom is -0.490 e. The van der Waals surface area contributed by atoms with E-state index in [1.54, 1.807) is 31.3 Å². The maximum absolute atomic E-state index is 13.2. The first kappa shape index (κ1) is 23.1. The van der Waals surface area contributed by atoms with Crippen LogP contribution in [0.2, 0.25) is 5.02 Å². The van der Waals surface area contributed by atoms with Crippen molar-refractivity contribution in [1.82, 2.24) is 15.0 Å². The van der Waals surface area contributed by atoms with Gasteiger partial charge in [0.15, 0.2) is 0 Å². The third-order valence-corrected chi connectivity index (χ3v) is 7.56. The van der Waals surface area contributed by atoms with Crippen molar-refractivity contribution in [3.63, 3.8) is 0 Å². The highest BCUT2D eigenvalue weighted by molar-refractivity contribution is 7.92. The van der Waals surface area contributed by atoms with Crippen molar-refractivity contribution >= 4 is 44.2 Å². The molecule has 3 heterocycles. The molecule has 0 atom stereocenters. The van der Waals surface area contributed by atoms with Crippen LogP contribution < -0.4 is 19.1 Å². The van der Waals surface area contributed by atoms with Crippen molar-refractivity contribution in [2.45, 2.75) is 18.4 Å². The van der Waals surface area contributed by atoms with E-state index in [1.807, 2.05) is 25.2 Å². The molecule has 4 aromatic rings. The van der Waals surface area contributed by atoms with Gasteiger partial charge in [-0.15, -0.1) is 0 Å². The number of halogens is 1. The van der Waals surface area contributed by atoms with Gasteiger partial charge in [-0.1, -0.05) is 23.7 Å². The van der Waals surface area contributed by atoms with Gasteiger partial charge in [-0.2, -0.15) is 0 Å². The van der Waals surface area contributed by atoms with Crippen molar-refractivity contribution in [2.75, 3.05) is 29.8 Å². The summed E-state index contributed by atoms with van der Waals surface area (Å²) in [6.07, 6.45) is 3.10.